The minimum Gasteiger partial charge on any atom is -0.300 e. The number of carbonyl (C=O) groups is 1. The summed E-state index contributed by atoms with van der Waals surface area (Å²) < 4.78 is 1.71. The predicted molar refractivity (Wildman–Crippen MR) is 99.9 cm³/mol. The molecule has 0 spiro atoms. The van der Waals surface area contributed by atoms with Crippen LogP contribution in [0.4, 0.5) is 5.13 Å². The summed E-state index contributed by atoms with van der Waals surface area (Å²) in [5, 5.41) is 9.82. The average Bonchev–Trinajstić information content (AvgIpc) is 3.27. The first-order valence-corrected chi connectivity index (χ1v) is 9.35. The number of hydrogen-bond acceptors (Lipinski definition) is 4. The van der Waals surface area contributed by atoms with Gasteiger partial charge in [0, 0.05) is 16.6 Å². The highest BCUT2D eigenvalue weighted by Gasteiger charge is 2.14. The molecule has 0 aliphatic heterocycles. The number of carbonyl (C=O) groups excluding carboxylic acids is 1. The first-order chi connectivity index (χ1) is 12.1. The number of aromatic nitrogens is 3. The third-order valence-corrected chi connectivity index (χ3v) is 5.30. The molecule has 0 bridgehead atoms. The molecule has 0 saturated carbocycles. The van der Waals surface area contributed by atoms with E-state index >= 15 is 0 Å². The maximum Gasteiger partial charge on any atom is 0.247 e. The summed E-state index contributed by atoms with van der Waals surface area (Å²) in [5.74, 6) is -0.110. The highest BCUT2D eigenvalue weighted by atomic mass is 32.1. The minimum absolute atomic E-state index is 0.110. The highest BCUT2D eigenvalue weighted by molar-refractivity contribution is 7.14. The van der Waals surface area contributed by atoms with Crippen molar-refractivity contribution in [3.05, 3.63) is 52.2 Å². The maximum atomic E-state index is 12.2. The molecule has 4 rings (SSSR count). The van der Waals surface area contributed by atoms with Crippen molar-refractivity contribution in [2.45, 2.75) is 39.7 Å². The molecule has 0 fully saturated rings. The molecule has 2 heterocycles. The lowest BCUT2D eigenvalue weighted by Gasteiger charge is -2.04. The number of nitrogens with zero attached hydrogens (tertiary/aromatic N) is 3. The third kappa shape index (κ3) is 3.35. The molecule has 0 radical (unpaired) electrons. The van der Waals surface area contributed by atoms with Crippen LogP contribution in [-0.2, 0) is 24.2 Å². The van der Waals surface area contributed by atoms with E-state index in [0.717, 1.165) is 29.1 Å². The molecule has 1 aliphatic carbocycles. The average molecular weight is 352 g/mol. The van der Waals surface area contributed by atoms with E-state index in [-0.39, 0.29) is 12.5 Å². The Labute approximate surface area is 150 Å². The van der Waals surface area contributed by atoms with Gasteiger partial charge in [0.1, 0.15) is 6.54 Å². The highest BCUT2D eigenvalue weighted by Crippen LogP contribution is 2.30. The van der Waals surface area contributed by atoms with E-state index in [2.05, 4.69) is 33.6 Å². The standard InChI is InChI=1S/C19H20N4OS/c1-12-8-13(2)23(22-12)10-18(24)21-19-20-17(11-25-19)16-7-6-14-4-3-5-15(14)9-16/h6-9,11H,3-5,10H2,1-2H3,(H,20,21,24). The Kier molecular flexibility index (Phi) is 4.13. The summed E-state index contributed by atoms with van der Waals surface area (Å²) in [6, 6.07) is 8.53. The Morgan fingerprint density at radius 1 is 1.24 bits per heavy atom. The van der Waals surface area contributed by atoms with Crippen LogP contribution in [0.25, 0.3) is 11.3 Å². The van der Waals surface area contributed by atoms with Gasteiger partial charge in [-0.3, -0.25) is 9.48 Å². The zero-order valence-electron chi connectivity index (χ0n) is 14.4. The van der Waals surface area contributed by atoms with Gasteiger partial charge in [0.25, 0.3) is 0 Å². The molecule has 0 atom stereocenters. The molecule has 25 heavy (non-hydrogen) atoms. The predicted octanol–water partition coefficient (Wildman–Crippen LogP) is 3.75. The van der Waals surface area contributed by atoms with Gasteiger partial charge in [0.05, 0.1) is 11.4 Å². The first kappa shape index (κ1) is 16.0. The van der Waals surface area contributed by atoms with Crippen LogP contribution >= 0.6 is 11.3 Å². The first-order valence-electron chi connectivity index (χ1n) is 8.47. The van der Waals surface area contributed by atoms with Gasteiger partial charge in [-0.25, -0.2) is 4.98 Å². The molecule has 128 valence electrons. The van der Waals surface area contributed by atoms with Crippen LogP contribution in [0.3, 0.4) is 0 Å². The minimum atomic E-state index is -0.110. The molecule has 1 amide bonds. The van der Waals surface area contributed by atoms with E-state index in [1.807, 2.05) is 25.3 Å². The summed E-state index contributed by atoms with van der Waals surface area (Å²) in [5.41, 5.74) is 6.82. The second kappa shape index (κ2) is 6.44. The number of rotatable bonds is 4. The Morgan fingerprint density at radius 2 is 2.08 bits per heavy atom. The normalized spacial score (nSPS) is 13.0. The summed E-state index contributed by atoms with van der Waals surface area (Å²) >= 11 is 1.45. The molecule has 0 unspecified atom stereocenters. The molecule has 6 heteroatoms. The number of benzene rings is 1. The van der Waals surface area contributed by atoms with E-state index in [1.165, 1.54) is 35.3 Å². The van der Waals surface area contributed by atoms with Crippen molar-refractivity contribution in [1.29, 1.82) is 0 Å². The van der Waals surface area contributed by atoms with Crippen LogP contribution in [0.2, 0.25) is 0 Å². The van der Waals surface area contributed by atoms with Gasteiger partial charge in [-0.2, -0.15) is 5.10 Å². The number of hydrogen-bond donors (Lipinski definition) is 1. The van der Waals surface area contributed by atoms with Crippen LogP contribution in [-0.4, -0.2) is 20.7 Å². The van der Waals surface area contributed by atoms with Crippen molar-refractivity contribution in [3.8, 4) is 11.3 Å². The second-order valence-corrected chi connectivity index (χ2v) is 7.37. The molecule has 3 aromatic rings. The zero-order valence-corrected chi connectivity index (χ0v) is 15.2. The fraction of sp³-hybridized carbons (Fsp3) is 0.316. The van der Waals surface area contributed by atoms with E-state index < -0.39 is 0 Å². The van der Waals surface area contributed by atoms with Gasteiger partial charge in [-0.15, -0.1) is 11.3 Å². The van der Waals surface area contributed by atoms with Crippen molar-refractivity contribution >= 4 is 22.4 Å². The van der Waals surface area contributed by atoms with Gasteiger partial charge in [-0.1, -0.05) is 12.1 Å². The molecule has 1 aromatic carbocycles. The third-order valence-electron chi connectivity index (χ3n) is 4.54. The lowest BCUT2D eigenvalue weighted by Crippen LogP contribution is -2.20. The Hall–Kier alpha value is -2.47. The largest absolute Gasteiger partial charge is 0.300 e. The number of fused-ring (bicyclic) bond motifs is 1. The number of nitrogens with one attached hydrogen (secondary N) is 1. The Bertz CT molecular complexity index is 941. The lowest BCUT2D eigenvalue weighted by molar-refractivity contribution is -0.116. The maximum absolute atomic E-state index is 12.2. The topological polar surface area (TPSA) is 59.8 Å². The fourth-order valence-electron chi connectivity index (χ4n) is 3.32. The lowest BCUT2D eigenvalue weighted by atomic mass is 10.1. The van der Waals surface area contributed by atoms with Crippen molar-refractivity contribution in [2.24, 2.45) is 0 Å². The molecular formula is C19H20N4OS. The van der Waals surface area contributed by atoms with Crippen molar-refractivity contribution in [1.82, 2.24) is 14.8 Å². The monoisotopic (exact) mass is 352 g/mol. The molecule has 1 N–H and O–H groups in total. The van der Waals surface area contributed by atoms with Crippen LogP contribution in [0, 0.1) is 13.8 Å². The van der Waals surface area contributed by atoms with Crippen molar-refractivity contribution < 1.29 is 4.79 Å². The smallest absolute Gasteiger partial charge is 0.247 e. The molecular weight excluding hydrogens is 332 g/mol. The SMILES string of the molecule is Cc1cc(C)n(CC(=O)Nc2nc(-c3ccc4c(c3)CCC4)cs2)n1. The van der Waals surface area contributed by atoms with Crippen LogP contribution in [0.5, 0.6) is 0 Å². The number of amides is 1. The van der Waals surface area contributed by atoms with Crippen LogP contribution < -0.4 is 5.32 Å². The van der Waals surface area contributed by atoms with Gasteiger partial charge < -0.3 is 5.32 Å². The Balaban J connectivity index is 1.46. The molecule has 0 saturated heterocycles. The van der Waals surface area contributed by atoms with Gasteiger partial charge in [-0.05, 0) is 56.4 Å². The van der Waals surface area contributed by atoms with Crippen molar-refractivity contribution in [3.63, 3.8) is 0 Å². The Morgan fingerprint density at radius 3 is 2.88 bits per heavy atom. The van der Waals surface area contributed by atoms with Gasteiger partial charge in [0.2, 0.25) is 5.91 Å². The van der Waals surface area contributed by atoms with E-state index in [4.69, 9.17) is 0 Å². The fourth-order valence-corrected chi connectivity index (χ4v) is 4.06. The number of aryl methyl sites for hydroxylation is 4. The zero-order chi connectivity index (χ0) is 17.4. The second-order valence-electron chi connectivity index (χ2n) is 6.51. The summed E-state index contributed by atoms with van der Waals surface area (Å²) in [6.07, 6.45) is 3.57. The number of thiazole rings is 1. The molecule has 1 aliphatic rings. The van der Waals surface area contributed by atoms with E-state index in [9.17, 15) is 4.79 Å². The summed E-state index contributed by atoms with van der Waals surface area (Å²) in [7, 11) is 0. The van der Waals surface area contributed by atoms with Gasteiger partial charge >= 0.3 is 0 Å². The molecule has 5 nitrogen and oxygen atoms in total. The van der Waals surface area contributed by atoms with Gasteiger partial charge in [0.15, 0.2) is 5.13 Å². The number of anilines is 1. The quantitative estimate of drug-likeness (QED) is 0.778. The summed E-state index contributed by atoms with van der Waals surface area (Å²) in [4.78, 5) is 16.8. The van der Waals surface area contributed by atoms with E-state index in [0.29, 0.717) is 5.13 Å². The summed E-state index contributed by atoms with van der Waals surface area (Å²) in [6.45, 7) is 4.07. The van der Waals surface area contributed by atoms with Crippen molar-refractivity contribution in [2.75, 3.05) is 5.32 Å². The van der Waals surface area contributed by atoms with E-state index in [1.54, 1.807) is 4.68 Å². The van der Waals surface area contributed by atoms with Crippen LogP contribution in [0.1, 0.15) is 28.9 Å². The molecule has 2 aromatic heterocycles. The van der Waals surface area contributed by atoms with Crippen LogP contribution in [0.15, 0.2) is 29.6 Å².